The highest BCUT2D eigenvalue weighted by Crippen LogP contribution is 2.32. The third-order valence-electron chi connectivity index (χ3n) is 7.83. The Hall–Kier alpha value is -4.02. The average molecular weight is 526 g/mol. The molecule has 1 saturated heterocycles. The van der Waals surface area contributed by atoms with Crippen LogP contribution in [0.3, 0.4) is 0 Å². The molecule has 0 radical (unpaired) electrons. The summed E-state index contributed by atoms with van der Waals surface area (Å²) in [5, 5.41) is 3.72. The molecule has 4 heterocycles. The van der Waals surface area contributed by atoms with E-state index in [1.807, 2.05) is 25.1 Å². The molecular formula is C29H35N9O. The average Bonchev–Trinajstić information content (AvgIpc) is 3.20. The van der Waals surface area contributed by atoms with Gasteiger partial charge in [-0.2, -0.15) is 4.98 Å². The van der Waals surface area contributed by atoms with Crippen LogP contribution in [0.4, 0.5) is 17.3 Å². The first-order valence-electron chi connectivity index (χ1n) is 13.5. The first-order chi connectivity index (χ1) is 18.8. The van der Waals surface area contributed by atoms with Crippen LogP contribution in [0.1, 0.15) is 31.0 Å². The van der Waals surface area contributed by atoms with Gasteiger partial charge in [0.05, 0.1) is 17.8 Å². The summed E-state index contributed by atoms with van der Waals surface area (Å²) >= 11 is 0. The Morgan fingerprint density at radius 2 is 1.87 bits per heavy atom. The minimum absolute atomic E-state index is 0.192. The number of anilines is 3. The number of likely N-dealkylation sites (N-methyl/N-ethyl adjacent to an activating group) is 1. The molecule has 4 aromatic rings. The van der Waals surface area contributed by atoms with Gasteiger partial charge in [-0.3, -0.25) is 4.79 Å². The molecule has 39 heavy (non-hydrogen) atoms. The lowest BCUT2D eigenvalue weighted by atomic mass is 9.82. The number of nitrogens with two attached hydrogens (primary N) is 1. The van der Waals surface area contributed by atoms with E-state index in [0.29, 0.717) is 29.3 Å². The fraction of sp³-hybridized carbons (Fsp3) is 0.379. The van der Waals surface area contributed by atoms with Gasteiger partial charge in [0.15, 0.2) is 11.5 Å². The van der Waals surface area contributed by atoms with Crippen molar-refractivity contribution in [3.8, 4) is 5.82 Å². The monoisotopic (exact) mass is 525 g/mol. The topological polar surface area (TPSA) is 110 Å². The van der Waals surface area contributed by atoms with Crippen molar-refractivity contribution in [2.75, 3.05) is 43.4 Å². The highest BCUT2D eigenvalue weighted by molar-refractivity contribution is 5.77. The molecule has 1 aromatic carbocycles. The van der Waals surface area contributed by atoms with Gasteiger partial charge in [0.2, 0.25) is 5.95 Å². The quantitative estimate of drug-likeness (QED) is 0.370. The number of hydrogen-bond acceptors (Lipinski definition) is 8. The molecule has 0 amide bonds. The van der Waals surface area contributed by atoms with Gasteiger partial charge in [-0.1, -0.05) is 12.1 Å². The fourth-order valence-electron chi connectivity index (χ4n) is 5.61. The number of nitrogens with zero attached hydrogens (tertiary/aromatic N) is 7. The summed E-state index contributed by atoms with van der Waals surface area (Å²) in [6, 6.07) is 12.3. The van der Waals surface area contributed by atoms with E-state index in [1.165, 1.54) is 5.69 Å². The summed E-state index contributed by atoms with van der Waals surface area (Å²) in [6.45, 7) is 10.3. The van der Waals surface area contributed by atoms with Gasteiger partial charge in [0, 0.05) is 43.8 Å². The second-order valence-electron chi connectivity index (χ2n) is 10.8. The molecule has 1 fully saturated rings. The van der Waals surface area contributed by atoms with Gasteiger partial charge in [-0.25, -0.2) is 19.3 Å². The second-order valence-corrected chi connectivity index (χ2v) is 10.8. The van der Waals surface area contributed by atoms with Crippen LogP contribution in [0, 0.1) is 0 Å². The number of aryl methyl sites for hydroxylation is 1. The standard InChI is InChI=1S/C29H35N9O/c1-4-14-37-27(39)23-19-31-28(32-21-8-10-22(11-9-21)36-17-15-35(3)16-18-36)34-26(23)38(37)24-12-7-20-6-5-13-29(2,30)25(20)33-24/h4,7-12,19H,1,5-6,13-18,30H2,2-3H3,(H,31,32,34). The molecule has 3 N–H and O–H groups in total. The lowest BCUT2D eigenvalue weighted by Crippen LogP contribution is -2.44. The molecule has 3 aromatic heterocycles. The number of piperazine rings is 1. The number of nitrogens with one attached hydrogen (secondary N) is 1. The predicted octanol–water partition coefficient (Wildman–Crippen LogP) is 3.17. The van der Waals surface area contributed by atoms with Crippen LogP contribution >= 0.6 is 0 Å². The number of aromatic nitrogens is 5. The van der Waals surface area contributed by atoms with Crippen LogP contribution < -0.4 is 21.5 Å². The lowest BCUT2D eigenvalue weighted by molar-refractivity contribution is 0.313. The van der Waals surface area contributed by atoms with E-state index in [0.717, 1.165) is 62.4 Å². The fourth-order valence-corrected chi connectivity index (χ4v) is 5.61. The highest BCUT2D eigenvalue weighted by atomic mass is 16.1. The number of allylic oxidation sites excluding steroid dienone is 1. The molecule has 1 unspecified atom stereocenters. The number of rotatable bonds is 6. The SMILES string of the molecule is C=CCn1c(=O)c2cnc(Nc3ccc(N4CCN(C)CC4)cc3)nc2n1-c1ccc2c(n1)C(C)(N)CCC2. The summed E-state index contributed by atoms with van der Waals surface area (Å²) in [5.74, 6) is 1.00. The van der Waals surface area contributed by atoms with Crippen molar-refractivity contribution in [3.05, 3.63) is 76.9 Å². The van der Waals surface area contributed by atoms with E-state index < -0.39 is 5.54 Å². The molecule has 6 rings (SSSR count). The van der Waals surface area contributed by atoms with Crippen molar-refractivity contribution in [1.29, 1.82) is 0 Å². The molecular weight excluding hydrogens is 490 g/mol. The Morgan fingerprint density at radius 1 is 1.10 bits per heavy atom. The van der Waals surface area contributed by atoms with Crippen LogP contribution in [-0.4, -0.2) is 62.4 Å². The van der Waals surface area contributed by atoms with Gasteiger partial charge >= 0.3 is 0 Å². The Balaban J connectivity index is 1.36. The third-order valence-corrected chi connectivity index (χ3v) is 7.83. The molecule has 2 aliphatic rings. The lowest BCUT2D eigenvalue weighted by Gasteiger charge is -2.34. The maximum atomic E-state index is 13.3. The molecule has 1 aliphatic heterocycles. The van der Waals surface area contributed by atoms with E-state index in [1.54, 1.807) is 21.6 Å². The van der Waals surface area contributed by atoms with Gasteiger partial charge in [0.1, 0.15) is 5.39 Å². The second kappa shape index (κ2) is 9.94. The highest BCUT2D eigenvalue weighted by Gasteiger charge is 2.30. The number of fused-ring (bicyclic) bond motifs is 2. The smallest absolute Gasteiger partial charge is 0.278 e. The third kappa shape index (κ3) is 4.70. The number of hydrogen-bond donors (Lipinski definition) is 2. The Bertz CT molecular complexity index is 1580. The van der Waals surface area contributed by atoms with Crippen LogP contribution in [0.2, 0.25) is 0 Å². The summed E-state index contributed by atoms with van der Waals surface area (Å²) < 4.78 is 3.35. The normalized spacial score (nSPS) is 19.7. The molecule has 1 aliphatic carbocycles. The Kier molecular flexibility index (Phi) is 6.44. The zero-order valence-corrected chi connectivity index (χ0v) is 22.6. The van der Waals surface area contributed by atoms with Crippen LogP contribution in [0.25, 0.3) is 16.9 Å². The summed E-state index contributed by atoms with van der Waals surface area (Å²) in [7, 11) is 2.16. The Labute approximate surface area is 227 Å². The first kappa shape index (κ1) is 25.3. The molecule has 0 spiro atoms. The van der Waals surface area contributed by atoms with Gasteiger partial charge in [-0.15, -0.1) is 6.58 Å². The van der Waals surface area contributed by atoms with Crippen molar-refractivity contribution in [2.24, 2.45) is 5.73 Å². The molecule has 202 valence electrons. The summed E-state index contributed by atoms with van der Waals surface area (Å²) in [4.78, 5) is 32.3. The van der Waals surface area contributed by atoms with Crippen LogP contribution in [0.15, 0.2) is 60.0 Å². The van der Waals surface area contributed by atoms with Gasteiger partial charge in [-0.05, 0) is 69.1 Å². The molecule has 1 atom stereocenters. The van der Waals surface area contributed by atoms with Crippen molar-refractivity contribution in [3.63, 3.8) is 0 Å². The van der Waals surface area contributed by atoms with Crippen molar-refractivity contribution in [2.45, 2.75) is 38.3 Å². The van der Waals surface area contributed by atoms with Crippen molar-refractivity contribution in [1.82, 2.24) is 29.2 Å². The zero-order valence-electron chi connectivity index (χ0n) is 22.6. The van der Waals surface area contributed by atoms with Crippen LogP contribution in [0.5, 0.6) is 0 Å². The summed E-state index contributed by atoms with van der Waals surface area (Å²) in [5.41, 5.74) is 10.5. The van der Waals surface area contributed by atoms with Crippen LogP contribution in [-0.2, 0) is 18.5 Å². The van der Waals surface area contributed by atoms with E-state index in [-0.39, 0.29) is 5.56 Å². The Morgan fingerprint density at radius 3 is 2.62 bits per heavy atom. The van der Waals surface area contributed by atoms with E-state index in [2.05, 4.69) is 51.9 Å². The van der Waals surface area contributed by atoms with Crippen molar-refractivity contribution < 1.29 is 0 Å². The van der Waals surface area contributed by atoms with Crippen molar-refractivity contribution >= 4 is 28.4 Å². The largest absolute Gasteiger partial charge is 0.369 e. The maximum absolute atomic E-state index is 13.3. The zero-order chi connectivity index (χ0) is 27.1. The van der Waals surface area contributed by atoms with E-state index in [9.17, 15) is 4.79 Å². The maximum Gasteiger partial charge on any atom is 0.278 e. The van der Waals surface area contributed by atoms with Gasteiger partial charge in [0.25, 0.3) is 5.56 Å². The molecule has 0 bridgehead atoms. The number of pyridine rings is 1. The predicted molar refractivity (Wildman–Crippen MR) is 155 cm³/mol. The van der Waals surface area contributed by atoms with E-state index in [4.69, 9.17) is 15.7 Å². The minimum atomic E-state index is -0.520. The molecule has 0 saturated carbocycles. The molecule has 10 heteroatoms. The first-order valence-corrected chi connectivity index (χ1v) is 13.5. The molecule has 10 nitrogen and oxygen atoms in total. The van der Waals surface area contributed by atoms with Gasteiger partial charge < -0.3 is 20.9 Å². The van der Waals surface area contributed by atoms with E-state index >= 15 is 0 Å². The summed E-state index contributed by atoms with van der Waals surface area (Å²) in [6.07, 6.45) is 6.12. The minimum Gasteiger partial charge on any atom is -0.369 e. The number of benzene rings is 1.